The van der Waals surface area contributed by atoms with E-state index in [0.717, 1.165) is 50.5 Å². The van der Waals surface area contributed by atoms with Crippen molar-refractivity contribution in [2.75, 3.05) is 6.61 Å². The van der Waals surface area contributed by atoms with Crippen LogP contribution in [0.15, 0.2) is 54.1 Å². The van der Waals surface area contributed by atoms with E-state index in [1.807, 2.05) is 25.1 Å². The number of hydrogen-bond acceptors (Lipinski definition) is 7. The number of ether oxygens (including phenoxy) is 2. The van der Waals surface area contributed by atoms with E-state index in [0.29, 0.717) is 42.9 Å². The number of aliphatic hydroxyl groups is 3. The molecule has 1 heterocycles. The average Bonchev–Trinajstić information content (AvgIpc) is 3.87. The Morgan fingerprint density at radius 1 is 0.962 bits per heavy atom. The number of aryl methyl sites for hydroxylation is 1. The number of fused-ring (bicyclic) bond motifs is 1. The second kappa shape index (κ2) is 14.0. The van der Waals surface area contributed by atoms with Crippen LogP contribution in [0, 0.1) is 39.4 Å². The third-order valence-corrected chi connectivity index (χ3v) is 15.9. The number of esters is 2. The molecule has 286 valence electrons. The van der Waals surface area contributed by atoms with Gasteiger partial charge in [-0.2, -0.15) is 0 Å². The van der Waals surface area contributed by atoms with E-state index in [4.69, 9.17) is 9.47 Å². The van der Waals surface area contributed by atoms with E-state index in [-0.39, 0.29) is 30.4 Å². The van der Waals surface area contributed by atoms with Crippen molar-refractivity contribution in [1.29, 1.82) is 0 Å². The van der Waals surface area contributed by atoms with Gasteiger partial charge in [-0.1, -0.05) is 82.5 Å². The molecule has 0 radical (unpaired) electrons. The van der Waals surface area contributed by atoms with Gasteiger partial charge >= 0.3 is 11.9 Å². The van der Waals surface area contributed by atoms with Gasteiger partial charge in [0, 0.05) is 24.3 Å². The maximum atomic E-state index is 13.8. The predicted octanol–water partition coefficient (Wildman–Crippen LogP) is 8.19. The highest BCUT2D eigenvalue weighted by Crippen LogP contribution is 2.76. The minimum Gasteiger partial charge on any atom is -0.462 e. The quantitative estimate of drug-likeness (QED) is 0.148. The van der Waals surface area contributed by atoms with Gasteiger partial charge in [0.15, 0.2) is 0 Å². The molecule has 1 aromatic rings. The number of benzene rings is 1. The number of cyclic esters (lactones) is 1. The van der Waals surface area contributed by atoms with E-state index in [1.165, 1.54) is 50.7 Å². The fourth-order valence-electron chi connectivity index (χ4n) is 13.3. The van der Waals surface area contributed by atoms with Crippen LogP contribution in [0.3, 0.4) is 0 Å². The third-order valence-electron chi connectivity index (χ3n) is 15.9. The Hall–Kier alpha value is -2.48. The smallest absolute Gasteiger partial charge is 0.331 e. The Morgan fingerprint density at radius 3 is 2.40 bits per heavy atom. The van der Waals surface area contributed by atoms with E-state index in [1.54, 1.807) is 0 Å². The van der Waals surface area contributed by atoms with Gasteiger partial charge in [0.05, 0.1) is 22.7 Å². The minimum atomic E-state index is -1.56. The summed E-state index contributed by atoms with van der Waals surface area (Å²) in [5.41, 5.74) is -3.30. The van der Waals surface area contributed by atoms with Crippen molar-refractivity contribution in [2.24, 2.45) is 39.4 Å². The predicted molar refractivity (Wildman–Crippen MR) is 201 cm³/mol. The fraction of sp³-hybridized carbons (Fsp3) is 0.733. The zero-order valence-electron chi connectivity index (χ0n) is 32.2. The Balaban J connectivity index is 1.30. The van der Waals surface area contributed by atoms with Gasteiger partial charge in [0.25, 0.3) is 0 Å². The average molecular weight is 717 g/mol. The van der Waals surface area contributed by atoms with Gasteiger partial charge in [-0.25, -0.2) is 4.79 Å². The van der Waals surface area contributed by atoms with Gasteiger partial charge in [-0.05, 0) is 124 Å². The molecule has 0 saturated heterocycles. The molecular formula is C45H64O7. The van der Waals surface area contributed by atoms with E-state index in [9.17, 15) is 24.9 Å². The topological polar surface area (TPSA) is 113 Å². The molecular weight excluding hydrogens is 652 g/mol. The van der Waals surface area contributed by atoms with Crippen LogP contribution >= 0.6 is 0 Å². The first-order chi connectivity index (χ1) is 24.7. The number of carbonyl (C=O) groups excluding carboxylic acids is 2. The van der Waals surface area contributed by atoms with Crippen LogP contribution in [0.5, 0.6) is 0 Å². The lowest BCUT2D eigenvalue weighted by atomic mass is 9.31. The molecule has 0 aromatic heterocycles. The number of carbonyl (C=O) groups is 2. The standard InChI is InChI=1S/C45H64O7/c1-31(11-10-14-33-12-6-5-7-13-33)15-23-43(49)26-25-40(3)29-36(52-32(2)46)39-41(4,35-17-22-42(28-35)19-8-9-20-42)21-18-37(47)45(39,43)44(40,50)24-16-34-27-38(48)51-30-34/h5-7,12-13,25-27,31,35-37,39,47,49-50H,8-11,14-24,28-30H2,1-4H3. The fourth-order valence-corrected chi connectivity index (χ4v) is 13.3. The zero-order chi connectivity index (χ0) is 37.0. The van der Waals surface area contributed by atoms with Crippen LogP contribution in [-0.4, -0.2) is 57.3 Å². The molecule has 52 heavy (non-hydrogen) atoms. The van der Waals surface area contributed by atoms with Crippen molar-refractivity contribution in [3.05, 3.63) is 59.7 Å². The molecule has 7 rings (SSSR count). The van der Waals surface area contributed by atoms with Gasteiger partial charge < -0.3 is 24.8 Å². The highest BCUT2D eigenvalue weighted by Gasteiger charge is 2.81. The summed E-state index contributed by atoms with van der Waals surface area (Å²) in [5, 5.41) is 40.2. The molecule has 10 atom stereocenters. The summed E-state index contributed by atoms with van der Waals surface area (Å²) in [7, 11) is 0. The molecule has 1 aliphatic heterocycles. The Labute approximate surface area is 311 Å². The maximum absolute atomic E-state index is 13.8. The molecule has 6 aliphatic rings. The summed E-state index contributed by atoms with van der Waals surface area (Å²) in [6.07, 6.45) is 18.8. The Morgan fingerprint density at radius 2 is 1.71 bits per heavy atom. The van der Waals surface area contributed by atoms with Gasteiger partial charge in [-0.3, -0.25) is 4.79 Å². The second-order valence-corrected chi connectivity index (χ2v) is 18.9. The second-order valence-electron chi connectivity index (χ2n) is 18.9. The first kappa shape index (κ1) is 37.8. The summed E-state index contributed by atoms with van der Waals surface area (Å²) in [4.78, 5) is 25.1. The minimum absolute atomic E-state index is 0.198. The first-order valence-corrected chi connectivity index (χ1v) is 20.6. The SMILES string of the molecule is CC(=O)OC1CC2(C)C=CC(O)(CCC(C)CCCc3ccccc3)C3(C(O)CCC(C)(C4CCC5(CCCC5)C4)C13)C2(O)CCC1=CC(=O)OC1. The monoisotopic (exact) mass is 716 g/mol. The van der Waals surface area contributed by atoms with Crippen molar-refractivity contribution in [2.45, 2.75) is 160 Å². The lowest BCUT2D eigenvalue weighted by Crippen LogP contribution is -2.83. The summed E-state index contributed by atoms with van der Waals surface area (Å²) in [6, 6.07) is 10.5. The molecule has 7 heteroatoms. The third kappa shape index (κ3) is 6.13. The summed E-state index contributed by atoms with van der Waals surface area (Å²) >= 11 is 0. The van der Waals surface area contributed by atoms with Crippen LogP contribution < -0.4 is 0 Å². The number of hydrogen-bond donors (Lipinski definition) is 3. The van der Waals surface area contributed by atoms with Gasteiger partial charge in [0.1, 0.15) is 12.7 Å². The zero-order valence-corrected chi connectivity index (χ0v) is 32.2. The molecule has 1 aromatic carbocycles. The molecule has 2 bridgehead atoms. The first-order valence-electron chi connectivity index (χ1n) is 20.6. The highest BCUT2D eigenvalue weighted by atomic mass is 16.5. The maximum Gasteiger partial charge on any atom is 0.331 e. The largest absolute Gasteiger partial charge is 0.462 e. The van der Waals surface area contributed by atoms with Gasteiger partial charge in [-0.15, -0.1) is 0 Å². The Kier molecular flexibility index (Phi) is 10.2. The summed E-state index contributed by atoms with van der Waals surface area (Å²) < 4.78 is 11.7. The van der Waals surface area contributed by atoms with Crippen molar-refractivity contribution in [3.8, 4) is 0 Å². The molecule has 0 amide bonds. The van der Waals surface area contributed by atoms with E-state index >= 15 is 0 Å². The van der Waals surface area contributed by atoms with E-state index in [2.05, 4.69) is 38.1 Å². The number of aliphatic hydroxyl groups excluding tert-OH is 1. The van der Waals surface area contributed by atoms with Crippen molar-refractivity contribution in [1.82, 2.24) is 0 Å². The molecule has 2 spiro atoms. The van der Waals surface area contributed by atoms with E-state index < -0.39 is 40.2 Å². The number of rotatable bonds is 12. The van der Waals surface area contributed by atoms with Crippen LogP contribution in [0.25, 0.3) is 0 Å². The summed E-state index contributed by atoms with van der Waals surface area (Å²) in [5.74, 6) is -0.540. The van der Waals surface area contributed by atoms with Crippen molar-refractivity contribution < 1.29 is 34.4 Å². The van der Waals surface area contributed by atoms with Gasteiger partial charge in [0.2, 0.25) is 0 Å². The molecule has 4 fully saturated rings. The van der Waals surface area contributed by atoms with Crippen LogP contribution in [0.4, 0.5) is 0 Å². The van der Waals surface area contributed by atoms with Crippen LogP contribution in [-0.2, 0) is 25.5 Å². The lowest BCUT2D eigenvalue weighted by molar-refractivity contribution is -0.361. The van der Waals surface area contributed by atoms with Crippen molar-refractivity contribution >= 4 is 11.9 Å². The lowest BCUT2D eigenvalue weighted by Gasteiger charge is -2.76. The molecule has 10 unspecified atom stereocenters. The molecule has 4 saturated carbocycles. The van der Waals surface area contributed by atoms with Crippen LogP contribution in [0.1, 0.15) is 136 Å². The Bertz CT molecular complexity index is 1550. The normalized spacial score (nSPS) is 41.1. The van der Waals surface area contributed by atoms with Crippen molar-refractivity contribution in [3.63, 3.8) is 0 Å². The molecule has 3 N–H and O–H groups in total. The summed E-state index contributed by atoms with van der Waals surface area (Å²) in [6.45, 7) is 8.29. The molecule has 5 aliphatic carbocycles. The molecule has 7 nitrogen and oxygen atoms in total. The van der Waals surface area contributed by atoms with Crippen LogP contribution in [0.2, 0.25) is 0 Å². The highest BCUT2D eigenvalue weighted by molar-refractivity contribution is 5.85.